The minimum atomic E-state index is 0.592. The first-order chi connectivity index (χ1) is 21.3. The van der Waals surface area contributed by atoms with Crippen LogP contribution in [0.4, 0.5) is 0 Å². The number of benzene rings is 5. The summed E-state index contributed by atoms with van der Waals surface area (Å²) >= 11 is 0. The monoisotopic (exact) mass is 551 g/mol. The molecule has 6 heteroatoms. The second kappa shape index (κ2) is 8.27. The molecule has 5 heterocycles. The first-order valence-electron chi connectivity index (χ1n) is 14.3. The topological polar surface area (TPSA) is 61.2 Å². The Morgan fingerprint density at radius 1 is 0.512 bits per heavy atom. The molecule has 0 aliphatic heterocycles. The molecule has 0 unspecified atom stereocenters. The zero-order valence-electron chi connectivity index (χ0n) is 22.8. The molecule has 0 saturated heterocycles. The highest BCUT2D eigenvalue weighted by Gasteiger charge is 2.26. The summed E-state index contributed by atoms with van der Waals surface area (Å²) in [5.74, 6) is 0.592. The molecule has 0 amide bonds. The van der Waals surface area contributed by atoms with Crippen LogP contribution in [-0.2, 0) is 0 Å². The Bertz CT molecular complexity index is 2730. The molecular formula is C37H21N5O. The van der Waals surface area contributed by atoms with E-state index in [-0.39, 0.29) is 0 Å². The number of hydrogen-bond donors (Lipinski definition) is 0. The van der Waals surface area contributed by atoms with Gasteiger partial charge < -0.3 is 4.42 Å². The number of hydrogen-bond acceptors (Lipinski definition) is 4. The van der Waals surface area contributed by atoms with E-state index in [1.807, 2.05) is 48.5 Å². The maximum atomic E-state index is 6.73. The van der Waals surface area contributed by atoms with E-state index >= 15 is 0 Å². The molecule has 10 rings (SSSR count). The lowest BCUT2D eigenvalue weighted by atomic mass is 10.1. The Morgan fingerprint density at radius 2 is 1.19 bits per heavy atom. The van der Waals surface area contributed by atoms with Crippen molar-refractivity contribution in [2.24, 2.45) is 0 Å². The molecule has 0 aliphatic rings. The zero-order valence-corrected chi connectivity index (χ0v) is 22.8. The summed E-state index contributed by atoms with van der Waals surface area (Å²) in [6.45, 7) is 0. The molecule has 6 nitrogen and oxygen atoms in total. The number of aromatic nitrogens is 5. The molecule has 10 aromatic rings. The van der Waals surface area contributed by atoms with E-state index < -0.39 is 0 Å². The molecule has 0 spiro atoms. The Morgan fingerprint density at radius 3 is 2.05 bits per heavy atom. The summed E-state index contributed by atoms with van der Waals surface area (Å²) in [7, 11) is 0. The van der Waals surface area contributed by atoms with Crippen molar-refractivity contribution in [3.63, 3.8) is 0 Å². The molecule has 43 heavy (non-hydrogen) atoms. The number of fused-ring (bicyclic) bond motifs is 13. The Kier molecular flexibility index (Phi) is 4.36. The first-order valence-corrected chi connectivity index (χ1v) is 14.3. The van der Waals surface area contributed by atoms with Crippen LogP contribution in [0.15, 0.2) is 132 Å². The highest BCUT2D eigenvalue weighted by molar-refractivity contribution is 6.25. The molecule has 5 aromatic carbocycles. The number of rotatable bonds is 2. The van der Waals surface area contributed by atoms with Gasteiger partial charge in [-0.25, -0.2) is 15.0 Å². The second-order valence-corrected chi connectivity index (χ2v) is 10.9. The van der Waals surface area contributed by atoms with Gasteiger partial charge in [0.25, 0.3) is 0 Å². The van der Waals surface area contributed by atoms with Crippen LogP contribution in [0, 0.1) is 0 Å². The maximum absolute atomic E-state index is 6.73. The normalized spacial score (nSPS) is 12.2. The summed E-state index contributed by atoms with van der Waals surface area (Å²) in [4.78, 5) is 15.6. The van der Waals surface area contributed by atoms with Crippen molar-refractivity contribution < 1.29 is 4.42 Å². The van der Waals surface area contributed by atoms with Crippen molar-refractivity contribution in [3.05, 3.63) is 127 Å². The number of para-hydroxylation sites is 5. The predicted octanol–water partition coefficient (Wildman–Crippen LogP) is 9.09. The second-order valence-electron chi connectivity index (χ2n) is 10.9. The highest BCUT2D eigenvalue weighted by Crippen LogP contribution is 2.43. The van der Waals surface area contributed by atoms with Gasteiger partial charge in [-0.1, -0.05) is 97.1 Å². The minimum absolute atomic E-state index is 0.592. The summed E-state index contributed by atoms with van der Waals surface area (Å²) in [6.07, 6.45) is 0. The van der Waals surface area contributed by atoms with E-state index in [0.29, 0.717) is 5.95 Å². The van der Waals surface area contributed by atoms with Gasteiger partial charge in [0.15, 0.2) is 5.58 Å². The van der Waals surface area contributed by atoms with Crippen LogP contribution in [0.3, 0.4) is 0 Å². The van der Waals surface area contributed by atoms with Gasteiger partial charge in [0.1, 0.15) is 16.7 Å². The van der Waals surface area contributed by atoms with Gasteiger partial charge in [-0.15, -0.1) is 0 Å². The molecule has 5 aromatic heterocycles. The van der Waals surface area contributed by atoms with Crippen LogP contribution in [0.5, 0.6) is 0 Å². The van der Waals surface area contributed by atoms with E-state index in [2.05, 4.69) is 87.8 Å². The minimum Gasteiger partial charge on any atom is -0.454 e. The molecule has 0 aliphatic carbocycles. The Labute approximate surface area is 244 Å². The summed E-state index contributed by atoms with van der Waals surface area (Å²) < 4.78 is 11.2. The van der Waals surface area contributed by atoms with Gasteiger partial charge in [0, 0.05) is 21.7 Å². The van der Waals surface area contributed by atoms with E-state index in [0.717, 1.165) is 82.7 Å². The van der Waals surface area contributed by atoms with Gasteiger partial charge >= 0.3 is 0 Å². The molecule has 0 radical (unpaired) electrons. The van der Waals surface area contributed by atoms with E-state index in [9.17, 15) is 0 Å². The van der Waals surface area contributed by atoms with Crippen molar-refractivity contribution in [2.75, 3.05) is 0 Å². The third kappa shape index (κ3) is 2.99. The van der Waals surface area contributed by atoms with Crippen LogP contribution in [0.1, 0.15) is 0 Å². The van der Waals surface area contributed by atoms with Gasteiger partial charge in [-0.2, -0.15) is 0 Å². The summed E-state index contributed by atoms with van der Waals surface area (Å²) in [6, 6.07) is 43.5. The first kappa shape index (κ1) is 22.7. The van der Waals surface area contributed by atoms with E-state index in [4.69, 9.17) is 19.4 Å². The molecule has 0 N–H and O–H groups in total. The van der Waals surface area contributed by atoms with Crippen LogP contribution in [0.25, 0.3) is 88.7 Å². The smallest absolute Gasteiger partial charge is 0.235 e. The number of imidazole rings is 1. The van der Waals surface area contributed by atoms with Crippen LogP contribution < -0.4 is 0 Å². The average Bonchev–Trinajstić information content (AvgIpc) is 3.74. The van der Waals surface area contributed by atoms with Gasteiger partial charge in [0.2, 0.25) is 5.95 Å². The van der Waals surface area contributed by atoms with Gasteiger partial charge in [-0.05, 0) is 30.3 Å². The van der Waals surface area contributed by atoms with Gasteiger partial charge in [-0.3, -0.25) is 8.97 Å². The molecule has 0 saturated carbocycles. The SMILES string of the molecule is c1ccc(-c2nc(-n3c4ccccc4c4c3c3oc5ccccc5c3c3nc5ccccc5n34)nc3ccccc23)cc1. The number of nitrogens with zero attached hydrogens (tertiary/aromatic N) is 5. The van der Waals surface area contributed by atoms with Crippen LogP contribution in [0.2, 0.25) is 0 Å². The van der Waals surface area contributed by atoms with Crippen molar-refractivity contribution in [3.8, 4) is 17.2 Å². The average molecular weight is 552 g/mol. The Balaban J connectivity index is 1.48. The number of furan rings is 1. The zero-order chi connectivity index (χ0) is 28.1. The van der Waals surface area contributed by atoms with Crippen LogP contribution >= 0.6 is 0 Å². The van der Waals surface area contributed by atoms with Crippen molar-refractivity contribution in [1.29, 1.82) is 0 Å². The van der Waals surface area contributed by atoms with E-state index in [1.165, 1.54) is 0 Å². The Hall–Kier alpha value is -6.01. The lowest BCUT2D eigenvalue weighted by molar-refractivity contribution is 0.670. The largest absolute Gasteiger partial charge is 0.454 e. The molecule has 0 bridgehead atoms. The standard InChI is InChI=1S/C37H21N5O/c1-2-12-22(13-3-1)32-23-14-4-7-17-26(23)39-37(40-32)42-28-19-9-5-15-24(28)33-34(42)35-31(25-16-6-11-21-30(25)43-35)36-38-27-18-8-10-20-29(27)41(33)36/h1-21H. The quantitative estimate of drug-likeness (QED) is 0.215. The fourth-order valence-electron chi connectivity index (χ4n) is 6.70. The van der Waals surface area contributed by atoms with Gasteiger partial charge in [0.05, 0.1) is 38.7 Å². The lowest BCUT2D eigenvalue weighted by Gasteiger charge is -2.12. The highest BCUT2D eigenvalue weighted by atomic mass is 16.3. The fraction of sp³-hybridized carbons (Fsp3) is 0. The molecule has 200 valence electrons. The van der Waals surface area contributed by atoms with Crippen molar-refractivity contribution in [1.82, 2.24) is 23.9 Å². The molecular weight excluding hydrogens is 530 g/mol. The van der Waals surface area contributed by atoms with Crippen LogP contribution in [-0.4, -0.2) is 23.9 Å². The lowest BCUT2D eigenvalue weighted by Crippen LogP contribution is -2.04. The molecule has 0 atom stereocenters. The fourth-order valence-corrected chi connectivity index (χ4v) is 6.70. The predicted molar refractivity (Wildman–Crippen MR) is 173 cm³/mol. The van der Waals surface area contributed by atoms with E-state index in [1.54, 1.807) is 0 Å². The molecule has 0 fully saturated rings. The third-order valence-electron chi connectivity index (χ3n) is 8.51. The maximum Gasteiger partial charge on any atom is 0.235 e. The third-order valence-corrected chi connectivity index (χ3v) is 8.51. The number of pyridine rings is 1. The van der Waals surface area contributed by atoms with Crippen molar-refractivity contribution >= 4 is 71.5 Å². The summed E-state index contributed by atoms with van der Waals surface area (Å²) in [5, 5.41) is 4.09. The van der Waals surface area contributed by atoms with Crippen molar-refractivity contribution in [2.45, 2.75) is 0 Å². The summed E-state index contributed by atoms with van der Waals surface area (Å²) in [5.41, 5.74) is 10.2.